The fourth-order valence-corrected chi connectivity index (χ4v) is 3.22. The molecule has 1 unspecified atom stereocenters. The zero-order chi connectivity index (χ0) is 18.1. The molecule has 1 N–H and O–H groups in total. The van der Waals surface area contributed by atoms with Gasteiger partial charge in [0.1, 0.15) is 17.7 Å². The molecule has 1 fully saturated rings. The van der Waals surface area contributed by atoms with Gasteiger partial charge in [0.25, 0.3) is 0 Å². The maximum Gasteiger partial charge on any atom is 0.188 e. The Morgan fingerprint density at radius 3 is 2.88 bits per heavy atom. The number of rotatable bonds is 5. The Morgan fingerprint density at radius 2 is 2.15 bits per heavy atom. The number of hydrogen-bond acceptors (Lipinski definition) is 8. The number of anilines is 2. The van der Waals surface area contributed by atoms with Crippen LogP contribution in [0.1, 0.15) is 19.1 Å². The summed E-state index contributed by atoms with van der Waals surface area (Å²) in [7, 11) is 3.22. The second-order valence-electron chi connectivity index (χ2n) is 5.86. The Balaban J connectivity index is 1.77. The fraction of sp³-hybridized carbons (Fsp3) is 0.353. The quantitative estimate of drug-likeness (QED) is 0.525. The van der Waals surface area contributed by atoms with E-state index in [-0.39, 0.29) is 6.23 Å². The van der Waals surface area contributed by atoms with Crippen LogP contribution in [0.5, 0.6) is 11.5 Å². The predicted molar refractivity (Wildman–Crippen MR) is 99.6 cm³/mol. The summed E-state index contributed by atoms with van der Waals surface area (Å²) in [5.74, 6) is 1.91. The van der Waals surface area contributed by atoms with Crippen molar-refractivity contribution >= 4 is 35.3 Å². The van der Waals surface area contributed by atoms with E-state index in [1.807, 2.05) is 22.8 Å². The topological polar surface area (TPSA) is 83.3 Å². The van der Waals surface area contributed by atoms with Crippen molar-refractivity contribution in [3.63, 3.8) is 0 Å². The maximum atomic E-state index is 5.75. The van der Waals surface area contributed by atoms with Crippen molar-refractivity contribution in [1.29, 1.82) is 0 Å². The van der Waals surface area contributed by atoms with Crippen molar-refractivity contribution in [3.8, 4) is 11.5 Å². The first kappa shape index (κ1) is 16.9. The number of benzene rings is 1. The number of fused-ring (bicyclic) bond motifs is 1. The van der Waals surface area contributed by atoms with Crippen LogP contribution in [0.2, 0.25) is 0 Å². The third-order valence-corrected chi connectivity index (χ3v) is 4.49. The van der Waals surface area contributed by atoms with Gasteiger partial charge < -0.3 is 19.5 Å². The van der Waals surface area contributed by atoms with Gasteiger partial charge in [-0.15, -0.1) is 12.6 Å². The molecule has 0 amide bonds. The van der Waals surface area contributed by atoms with E-state index in [2.05, 4.69) is 32.9 Å². The summed E-state index contributed by atoms with van der Waals surface area (Å²) >= 11 is 4.35. The molecule has 9 heteroatoms. The second-order valence-corrected chi connectivity index (χ2v) is 6.26. The normalized spacial score (nSPS) is 16.8. The van der Waals surface area contributed by atoms with Crippen molar-refractivity contribution in [2.75, 3.05) is 26.1 Å². The van der Waals surface area contributed by atoms with Crippen molar-refractivity contribution in [2.45, 2.75) is 24.2 Å². The molecule has 2 aromatic heterocycles. The van der Waals surface area contributed by atoms with Crippen LogP contribution in [0.4, 0.5) is 11.5 Å². The Morgan fingerprint density at radius 1 is 1.27 bits per heavy atom. The van der Waals surface area contributed by atoms with Gasteiger partial charge in [-0.1, -0.05) is 0 Å². The first-order valence-corrected chi connectivity index (χ1v) is 8.68. The molecule has 136 valence electrons. The van der Waals surface area contributed by atoms with Gasteiger partial charge >= 0.3 is 0 Å². The third kappa shape index (κ3) is 3.04. The van der Waals surface area contributed by atoms with Gasteiger partial charge in [-0.2, -0.15) is 0 Å². The molecule has 1 saturated heterocycles. The minimum atomic E-state index is -0.0539. The molecule has 0 saturated carbocycles. The van der Waals surface area contributed by atoms with Crippen molar-refractivity contribution < 1.29 is 14.2 Å². The number of thiol groups is 1. The highest BCUT2D eigenvalue weighted by Gasteiger charge is 2.22. The zero-order valence-electron chi connectivity index (χ0n) is 14.5. The zero-order valence-corrected chi connectivity index (χ0v) is 15.4. The van der Waals surface area contributed by atoms with Crippen LogP contribution < -0.4 is 14.8 Å². The lowest BCUT2D eigenvalue weighted by atomic mass is 10.2. The van der Waals surface area contributed by atoms with Crippen LogP contribution in [0.3, 0.4) is 0 Å². The first-order valence-electron chi connectivity index (χ1n) is 8.24. The van der Waals surface area contributed by atoms with E-state index in [9.17, 15) is 0 Å². The number of nitrogens with zero attached hydrogens (tertiary/aromatic N) is 4. The molecule has 0 aliphatic carbocycles. The van der Waals surface area contributed by atoms with Crippen LogP contribution in [-0.4, -0.2) is 40.3 Å². The molecule has 0 spiro atoms. The van der Waals surface area contributed by atoms with Gasteiger partial charge in [0.15, 0.2) is 22.1 Å². The predicted octanol–water partition coefficient (Wildman–Crippen LogP) is 3.18. The number of imidazole rings is 1. The maximum absolute atomic E-state index is 5.75. The van der Waals surface area contributed by atoms with Crippen LogP contribution in [0, 0.1) is 0 Å². The van der Waals surface area contributed by atoms with Crippen LogP contribution >= 0.6 is 12.6 Å². The van der Waals surface area contributed by atoms with Crippen LogP contribution in [0.25, 0.3) is 11.2 Å². The van der Waals surface area contributed by atoms with E-state index in [0.29, 0.717) is 39.3 Å². The van der Waals surface area contributed by atoms with Gasteiger partial charge in [0.2, 0.25) is 0 Å². The SMILES string of the molecule is COc1ccc(OC)c(Nc2nc(S)nc3c2ncn3C2CCCO2)c1. The van der Waals surface area contributed by atoms with Gasteiger partial charge in [-0.05, 0) is 25.0 Å². The Labute approximate surface area is 155 Å². The van der Waals surface area contributed by atoms with E-state index in [1.54, 1.807) is 20.5 Å². The minimum absolute atomic E-state index is 0.0539. The van der Waals surface area contributed by atoms with E-state index in [0.717, 1.165) is 19.4 Å². The lowest BCUT2D eigenvalue weighted by Crippen LogP contribution is -2.07. The highest BCUT2D eigenvalue weighted by atomic mass is 32.1. The average Bonchev–Trinajstić information content (AvgIpc) is 3.30. The highest BCUT2D eigenvalue weighted by molar-refractivity contribution is 7.80. The average molecular weight is 373 g/mol. The lowest BCUT2D eigenvalue weighted by Gasteiger charge is -2.14. The summed E-state index contributed by atoms with van der Waals surface area (Å²) < 4.78 is 18.4. The number of aromatic nitrogens is 4. The molecule has 3 heterocycles. The summed E-state index contributed by atoms with van der Waals surface area (Å²) in [6, 6.07) is 5.49. The summed E-state index contributed by atoms with van der Waals surface area (Å²) in [6.45, 7) is 0.745. The Kier molecular flexibility index (Phi) is 4.56. The number of ether oxygens (including phenoxy) is 3. The molecule has 1 atom stereocenters. The highest BCUT2D eigenvalue weighted by Crippen LogP contribution is 2.34. The van der Waals surface area contributed by atoms with Gasteiger partial charge in [0.05, 0.1) is 26.2 Å². The van der Waals surface area contributed by atoms with E-state index >= 15 is 0 Å². The van der Waals surface area contributed by atoms with Crippen molar-refractivity contribution in [3.05, 3.63) is 24.5 Å². The molecule has 26 heavy (non-hydrogen) atoms. The number of nitrogens with one attached hydrogen (secondary N) is 1. The van der Waals surface area contributed by atoms with E-state index in [4.69, 9.17) is 14.2 Å². The van der Waals surface area contributed by atoms with Crippen LogP contribution in [0.15, 0.2) is 29.7 Å². The van der Waals surface area contributed by atoms with E-state index < -0.39 is 0 Å². The monoisotopic (exact) mass is 373 g/mol. The van der Waals surface area contributed by atoms with Crippen molar-refractivity contribution in [2.24, 2.45) is 0 Å². The van der Waals surface area contributed by atoms with E-state index in [1.165, 1.54) is 0 Å². The summed E-state index contributed by atoms with van der Waals surface area (Å²) in [5.41, 5.74) is 2.04. The molecule has 1 aliphatic heterocycles. The van der Waals surface area contributed by atoms with Crippen LogP contribution in [-0.2, 0) is 4.74 Å². The molecule has 3 aromatic rings. The first-order chi connectivity index (χ1) is 12.7. The van der Waals surface area contributed by atoms with Gasteiger partial charge in [-0.25, -0.2) is 15.0 Å². The Hall–Kier alpha value is -2.52. The molecule has 0 radical (unpaired) electrons. The lowest BCUT2D eigenvalue weighted by molar-refractivity contribution is 0.0592. The molecule has 0 bridgehead atoms. The molecular weight excluding hydrogens is 354 g/mol. The largest absolute Gasteiger partial charge is 0.497 e. The number of hydrogen-bond donors (Lipinski definition) is 2. The van der Waals surface area contributed by atoms with Crippen molar-refractivity contribution in [1.82, 2.24) is 19.5 Å². The molecule has 1 aliphatic rings. The summed E-state index contributed by atoms with van der Waals surface area (Å²) in [4.78, 5) is 13.3. The molecule has 1 aromatic carbocycles. The third-order valence-electron chi connectivity index (χ3n) is 4.29. The molecular formula is C17H19N5O3S. The molecule has 8 nitrogen and oxygen atoms in total. The minimum Gasteiger partial charge on any atom is -0.497 e. The van der Waals surface area contributed by atoms with Gasteiger partial charge in [0, 0.05) is 12.7 Å². The summed E-state index contributed by atoms with van der Waals surface area (Å²) in [6.07, 6.45) is 3.64. The smallest absolute Gasteiger partial charge is 0.188 e. The van der Waals surface area contributed by atoms with Gasteiger partial charge in [-0.3, -0.25) is 4.57 Å². The summed E-state index contributed by atoms with van der Waals surface area (Å²) in [5, 5.41) is 3.61. The standard InChI is InChI=1S/C17H19N5O3S/c1-23-10-5-6-12(24-2)11(8-10)19-15-14-16(21-17(26)20-15)22(9-18-14)13-4-3-7-25-13/h5-6,8-9,13H,3-4,7H2,1-2H3,(H2,19,20,21,26). The molecule has 4 rings (SSSR count). The fourth-order valence-electron chi connectivity index (χ4n) is 3.02. The Bertz CT molecular complexity index is 940. The second kappa shape index (κ2) is 7.00. The number of methoxy groups -OCH3 is 2.